The Morgan fingerprint density at radius 1 is 0.400 bits per heavy atom. The number of rotatable bonds is 31. The van der Waals surface area contributed by atoms with Gasteiger partial charge in [-0.2, -0.15) is 0 Å². The van der Waals surface area contributed by atoms with E-state index in [4.69, 9.17) is 15.2 Å². The van der Waals surface area contributed by atoms with Crippen molar-refractivity contribution < 1.29 is 9.47 Å². The van der Waals surface area contributed by atoms with Crippen LogP contribution in [0, 0.1) is 0 Å². The lowest BCUT2D eigenvalue weighted by molar-refractivity contribution is -0.147. The van der Waals surface area contributed by atoms with E-state index in [1.165, 1.54) is 141 Å². The van der Waals surface area contributed by atoms with Gasteiger partial charge in [-0.15, -0.1) is 0 Å². The van der Waals surface area contributed by atoms with E-state index >= 15 is 0 Å². The van der Waals surface area contributed by atoms with E-state index in [0.29, 0.717) is 0 Å². The van der Waals surface area contributed by atoms with E-state index in [1.807, 2.05) is 0 Å². The molecule has 3 nitrogen and oxygen atoms in total. The van der Waals surface area contributed by atoms with E-state index < -0.39 is 0 Å². The standard InChI is InChI=1S/C32H67NO2/c1-3-5-7-9-11-13-15-17-19-21-23-25-30-34-32(28-27-29-33)35-31-26-24-22-20-18-16-14-12-10-8-6-4-2/h32H,3-31,33H2,1-2H3. The summed E-state index contributed by atoms with van der Waals surface area (Å²) in [7, 11) is 0. The van der Waals surface area contributed by atoms with E-state index in [0.717, 1.165) is 45.4 Å². The van der Waals surface area contributed by atoms with Crippen LogP contribution in [0.5, 0.6) is 0 Å². The van der Waals surface area contributed by atoms with Gasteiger partial charge < -0.3 is 15.2 Å². The molecule has 0 spiro atoms. The van der Waals surface area contributed by atoms with Crippen LogP contribution in [0.3, 0.4) is 0 Å². The summed E-state index contributed by atoms with van der Waals surface area (Å²) in [5.74, 6) is 0. The molecule has 0 aromatic heterocycles. The van der Waals surface area contributed by atoms with Gasteiger partial charge in [0.25, 0.3) is 0 Å². The second kappa shape index (κ2) is 31.9. The molecule has 0 aromatic rings. The van der Waals surface area contributed by atoms with Gasteiger partial charge in [0.05, 0.1) is 0 Å². The molecule has 3 heteroatoms. The molecule has 0 unspecified atom stereocenters. The third kappa shape index (κ3) is 30.0. The molecule has 0 aromatic carbocycles. The Kier molecular flexibility index (Phi) is 31.8. The fourth-order valence-electron chi connectivity index (χ4n) is 4.81. The van der Waals surface area contributed by atoms with Crippen molar-refractivity contribution >= 4 is 0 Å². The van der Waals surface area contributed by atoms with Crippen LogP contribution in [-0.2, 0) is 9.47 Å². The number of hydrogen-bond acceptors (Lipinski definition) is 3. The molecule has 0 aliphatic rings. The van der Waals surface area contributed by atoms with Gasteiger partial charge in [0.2, 0.25) is 0 Å². The average Bonchev–Trinajstić information content (AvgIpc) is 2.87. The van der Waals surface area contributed by atoms with Crippen molar-refractivity contribution in [1.29, 1.82) is 0 Å². The Bertz CT molecular complexity index is 333. The lowest BCUT2D eigenvalue weighted by Crippen LogP contribution is -2.20. The lowest BCUT2D eigenvalue weighted by Gasteiger charge is -2.18. The summed E-state index contributed by atoms with van der Waals surface area (Å²) in [6.45, 7) is 6.98. The first-order valence-corrected chi connectivity index (χ1v) is 16.3. The second-order valence-electron chi connectivity index (χ2n) is 10.9. The molecule has 0 heterocycles. The second-order valence-corrected chi connectivity index (χ2v) is 10.9. The van der Waals surface area contributed by atoms with Gasteiger partial charge in [0, 0.05) is 13.2 Å². The Morgan fingerprint density at radius 3 is 0.971 bits per heavy atom. The van der Waals surface area contributed by atoms with Crippen LogP contribution in [0.2, 0.25) is 0 Å². The van der Waals surface area contributed by atoms with Crippen LogP contribution in [0.25, 0.3) is 0 Å². The largest absolute Gasteiger partial charge is 0.353 e. The smallest absolute Gasteiger partial charge is 0.157 e. The highest BCUT2D eigenvalue weighted by Gasteiger charge is 2.08. The molecular formula is C32H67NO2. The summed E-state index contributed by atoms with van der Waals surface area (Å²) in [5, 5.41) is 0. The normalized spacial score (nSPS) is 11.7. The molecule has 212 valence electrons. The zero-order chi connectivity index (χ0) is 25.5. The van der Waals surface area contributed by atoms with Gasteiger partial charge in [0.1, 0.15) is 0 Å². The Labute approximate surface area is 222 Å². The van der Waals surface area contributed by atoms with Crippen LogP contribution in [0.15, 0.2) is 0 Å². The van der Waals surface area contributed by atoms with Crippen molar-refractivity contribution in [2.45, 2.75) is 187 Å². The van der Waals surface area contributed by atoms with Gasteiger partial charge in [0.15, 0.2) is 6.29 Å². The minimum absolute atomic E-state index is 0.0426. The molecule has 35 heavy (non-hydrogen) atoms. The quantitative estimate of drug-likeness (QED) is 0.0765. The minimum Gasteiger partial charge on any atom is -0.353 e. The Morgan fingerprint density at radius 2 is 0.686 bits per heavy atom. The molecule has 0 amide bonds. The first-order chi connectivity index (χ1) is 17.3. The molecule has 0 atom stereocenters. The molecule has 0 bridgehead atoms. The molecule has 0 aliphatic heterocycles. The van der Waals surface area contributed by atoms with Gasteiger partial charge >= 0.3 is 0 Å². The maximum Gasteiger partial charge on any atom is 0.157 e. The Balaban J connectivity index is 3.48. The summed E-state index contributed by atoms with van der Waals surface area (Å²) in [6, 6.07) is 0. The number of ether oxygens (including phenoxy) is 2. The Hall–Kier alpha value is -0.120. The molecular weight excluding hydrogens is 430 g/mol. The third-order valence-electron chi connectivity index (χ3n) is 7.25. The van der Waals surface area contributed by atoms with Crippen molar-refractivity contribution in [2.75, 3.05) is 19.8 Å². The molecule has 0 aliphatic carbocycles. The van der Waals surface area contributed by atoms with Gasteiger partial charge in [-0.3, -0.25) is 0 Å². The fourth-order valence-corrected chi connectivity index (χ4v) is 4.81. The van der Waals surface area contributed by atoms with Crippen LogP contribution in [-0.4, -0.2) is 26.0 Å². The number of unbranched alkanes of at least 4 members (excludes halogenated alkanes) is 22. The maximum absolute atomic E-state index is 6.07. The summed E-state index contributed by atoms with van der Waals surface area (Å²) in [5.41, 5.74) is 5.71. The average molecular weight is 498 g/mol. The minimum atomic E-state index is -0.0426. The highest BCUT2D eigenvalue weighted by Crippen LogP contribution is 2.14. The van der Waals surface area contributed by atoms with Crippen molar-refractivity contribution in [2.24, 2.45) is 5.73 Å². The molecule has 2 N–H and O–H groups in total. The summed E-state index contributed by atoms with van der Waals surface area (Å²) < 4.78 is 12.1. The van der Waals surface area contributed by atoms with E-state index in [1.54, 1.807) is 0 Å². The van der Waals surface area contributed by atoms with Crippen LogP contribution >= 0.6 is 0 Å². The molecule has 0 fully saturated rings. The SMILES string of the molecule is CCCCCCCCCCCCCCOC(CCCN)OCCCCCCCCCCCCCC. The molecule has 0 radical (unpaired) electrons. The maximum atomic E-state index is 6.07. The predicted octanol–water partition coefficient (Wildman–Crippen LogP) is 10.5. The van der Waals surface area contributed by atoms with E-state index in [2.05, 4.69) is 13.8 Å². The van der Waals surface area contributed by atoms with Crippen molar-refractivity contribution in [3.05, 3.63) is 0 Å². The molecule has 0 saturated carbocycles. The van der Waals surface area contributed by atoms with Crippen molar-refractivity contribution in [3.63, 3.8) is 0 Å². The first-order valence-electron chi connectivity index (χ1n) is 16.3. The number of hydrogen-bond donors (Lipinski definition) is 1. The van der Waals surface area contributed by atoms with Crippen LogP contribution < -0.4 is 5.73 Å². The molecule has 0 saturated heterocycles. The summed E-state index contributed by atoms with van der Waals surface area (Å²) in [6.07, 6.45) is 35.0. The highest BCUT2D eigenvalue weighted by atomic mass is 16.7. The topological polar surface area (TPSA) is 44.5 Å². The number of nitrogens with two attached hydrogens (primary N) is 1. The summed E-state index contributed by atoms with van der Waals surface area (Å²) >= 11 is 0. The lowest BCUT2D eigenvalue weighted by atomic mass is 10.1. The predicted molar refractivity (Wildman–Crippen MR) is 156 cm³/mol. The fraction of sp³-hybridized carbons (Fsp3) is 1.00. The zero-order valence-corrected chi connectivity index (χ0v) is 24.5. The monoisotopic (exact) mass is 498 g/mol. The zero-order valence-electron chi connectivity index (χ0n) is 24.5. The van der Waals surface area contributed by atoms with E-state index in [9.17, 15) is 0 Å². The highest BCUT2D eigenvalue weighted by molar-refractivity contribution is 4.52. The first kappa shape index (κ1) is 34.9. The van der Waals surface area contributed by atoms with Crippen molar-refractivity contribution in [1.82, 2.24) is 0 Å². The van der Waals surface area contributed by atoms with Crippen LogP contribution in [0.1, 0.15) is 181 Å². The van der Waals surface area contributed by atoms with Gasteiger partial charge in [-0.25, -0.2) is 0 Å². The molecule has 0 rings (SSSR count). The van der Waals surface area contributed by atoms with Gasteiger partial charge in [-0.1, -0.05) is 155 Å². The van der Waals surface area contributed by atoms with E-state index in [-0.39, 0.29) is 6.29 Å². The van der Waals surface area contributed by atoms with Crippen molar-refractivity contribution in [3.8, 4) is 0 Å². The summed E-state index contributed by atoms with van der Waals surface area (Å²) in [4.78, 5) is 0. The third-order valence-corrected chi connectivity index (χ3v) is 7.25. The van der Waals surface area contributed by atoms with Crippen LogP contribution in [0.4, 0.5) is 0 Å². The van der Waals surface area contributed by atoms with Gasteiger partial charge in [-0.05, 0) is 32.2 Å².